The summed E-state index contributed by atoms with van der Waals surface area (Å²) in [7, 11) is 1.57. The predicted octanol–water partition coefficient (Wildman–Crippen LogP) is 4.05. The second-order valence-electron chi connectivity index (χ2n) is 4.07. The Morgan fingerprint density at radius 3 is 2.55 bits per heavy atom. The molecule has 0 aromatic heterocycles. The van der Waals surface area contributed by atoms with Gasteiger partial charge < -0.3 is 15.8 Å². The first-order valence-electron chi connectivity index (χ1n) is 5.70. The molecule has 0 heterocycles. The Kier molecular flexibility index (Phi) is 4.67. The summed E-state index contributed by atoms with van der Waals surface area (Å²) in [5.74, 6) is 0.383. The van der Waals surface area contributed by atoms with E-state index in [1.165, 1.54) is 0 Å². The second-order valence-corrected chi connectivity index (χ2v) is 5.90. The van der Waals surface area contributed by atoms with E-state index in [0.29, 0.717) is 22.7 Å². The molecule has 20 heavy (non-hydrogen) atoms. The van der Waals surface area contributed by atoms with Crippen LogP contribution in [-0.2, 0) is 0 Å². The number of hydrogen-bond donors (Lipinski definition) is 2. The summed E-state index contributed by atoms with van der Waals surface area (Å²) in [6, 6.07) is 10.5. The van der Waals surface area contributed by atoms with Crippen molar-refractivity contribution in [3.63, 3.8) is 0 Å². The highest BCUT2D eigenvalue weighted by Crippen LogP contribution is 2.26. The summed E-state index contributed by atoms with van der Waals surface area (Å²) < 4.78 is 6.80. The molecule has 6 heteroatoms. The second kappa shape index (κ2) is 6.28. The quantitative estimate of drug-likeness (QED) is 0.765. The number of hydrogen-bond acceptors (Lipinski definition) is 3. The van der Waals surface area contributed by atoms with Crippen LogP contribution in [0.2, 0.25) is 0 Å². The Labute approximate surface area is 133 Å². The van der Waals surface area contributed by atoms with Crippen LogP contribution in [-0.4, -0.2) is 13.0 Å². The molecule has 0 saturated carbocycles. The van der Waals surface area contributed by atoms with Crippen molar-refractivity contribution in [2.45, 2.75) is 0 Å². The van der Waals surface area contributed by atoms with Gasteiger partial charge in [-0.25, -0.2) is 0 Å². The van der Waals surface area contributed by atoms with E-state index < -0.39 is 0 Å². The summed E-state index contributed by atoms with van der Waals surface area (Å²) in [6.07, 6.45) is 0. The first-order valence-corrected chi connectivity index (χ1v) is 7.29. The zero-order valence-corrected chi connectivity index (χ0v) is 13.8. The Morgan fingerprint density at radius 1 is 1.15 bits per heavy atom. The number of nitrogens with one attached hydrogen (secondary N) is 1. The average molecular weight is 400 g/mol. The van der Waals surface area contributed by atoms with E-state index in [4.69, 9.17) is 10.5 Å². The van der Waals surface area contributed by atoms with Gasteiger partial charge in [0.2, 0.25) is 0 Å². The predicted molar refractivity (Wildman–Crippen MR) is 87.2 cm³/mol. The van der Waals surface area contributed by atoms with Crippen LogP contribution in [0, 0.1) is 0 Å². The maximum atomic E-state index is 12.2. The highest BCUT2D eigenvalue weighted by molar-refractivity contribution is 9.10. The number of methoxy groups -OCH3 is 1. The van der Waals surface area contributed by atoms with Gasteiger partial charge in [0, 0.05) is 26.4 Å². The number of benzene rings is 2. The number of nitrogen functional groups attached to an aromatic ring is 1. The molecule has 0 unspecified atom stereocenters. The van der Waals surface area contributed by atoms with Crippen molar-refractivity contribution in [1.82, 2.24) is 0 Å². The average Bonchev–Trinajstić information content (AvgIpc) is 2.37. The monoisotopic (exact) mass is 398 g/mol. The number of nitrogens with two attached hydrogens (primary N) is 1. The van der Waals surface area contributed by atoms with E-state index in [1.54, 1.807) is 37.4 Å². The molecule has 0 atom stereocenters. The lowest BCUT2D eigenvalue weighted by atomic mass is 10.1. The molecule has 0 radical (unpaired) electrons. The molecule has 0 aliphatic heterocycles. The molecule has 3 N–H and O–H groups in total. The van der Waals surface area contributed by atoms with Crippen molar-refractivity contribution in [3.05, 3.63) is 50.9 Å². The van der Waals surface area contributed by atoms with Gasteiger partial charge in [-0.3, -0.25) is 4.79 Å². The van der Waals surface area contributed by atoms with Gasteiger partial charge in [-0.1, -0.05) is 31.9 Å². The molecule has 0 fully saturated rings. The van der Waals surface area contributed by atoms with Gasteiger partial charge in [-0.15, -0.1) is 0 Å². The van der Waals surface area contributed by atoms with Crippen LogP contribution in [0.25, 0.3) is 0 Å². The van der Waals surface area contributed by atoms with E-state index in [1.807, 2.05) is 6.07 Å². The van der Waals surface area contributed by atoms with Gasteiger partial charge in [0.15, 0.2) is 0 Å². The Balaban J connectivity index is 2.25. The number of rotatable bonds is 3. The van der Waals surface area contributed by atoms with E-state index >= 15 is 0 Å². The number of amides is 1. The summed E-state index contributed by atoms with van der Waals surface area (Å²) in [4.78, 5) is 12.2. The highest BCUT2D eigenvalue weighted by Gasteiger charge is 2.11. The number of halogens is 2. The Hall–Kier alpha value is -1.53. The Morgan fingerprint density at radius 2 is 1.90 bits per heavy atom. The minimum Gasteiger partial charge on any atom is -0.497 e. The summed E-state index contributed by atoms with van der Waals surface area (Å²) in [6.45, 7) is 0. The SMILES string of the molecule is COc1cc(Br)cc(NC(=O)c2ccc(Br)cc2N)c1. The fraction of sp³-hybridized carbons (Fsp3) is 0.0714. The lowest BCUT2D eigenvalue weighted by molar-refractivity contribution is 0.102. The van der Waals surface area contributed by atoms with Crippen LogP contribution in [0.1, 0.15) is 10.4 Å². The third-order valence-electron chi connectivity index (χ3n) is 2.62. The summed E-state index contributed by atoms with van der Waals surface area (Å²) >= 11 is 6.67. The zero-order chi connectivity index (χ0) is 14.7. The van der Waals surface area contributed by atoms with Crippen molar-refractivity contribution in [3.8, 4) is 5.75 Å². The van der Waals surface area contributed by atoms with Crippen LogP contribution >= 0.6 is 31.9 Å². The van der Waals surface area contributed by atoms with Crippen molar-refractivity contribution in [1.29, 1.82) is 0 Å². The van der Waals surface area contributed by atoms with Gasteiger partial charge in [-0.05, 0) is 30.3 Å². The van der Waals surface area contributed by atoms with Gasteiger partial charge in [-0.2, -0.15) is 0 Å². The molecule has 0 aliphatic rings. The minimum atomic E-state index is -0.268. The lowest BCUT2D eigenvalue weighted by Crippen LogP contribution is -2.14. The normalized spacial score (nSPS) is 10.2. The fourth-order valence-electron chi connectivity index (χ4n) is 1.69. The largest absolute Gasteiger partial charge is 0.497 e. The molecule has 0 spiro atoms. The van der Waals surface area contributed by atoms with Crippen molar-refractivity contribution in [2.24, 2.45) is 0 Å². The molecule has 2 aromatic rings. The first-order chi connectivity index (χ1) is 9.49. The first kappa shape index (κ1) is 14.9. The highest BCUT2D eigenvalue weighted by atomic mass is 79.9. The van der Waals surface area contributed by atoms with Crippen LogP contribution in [0.15, 0.2) is 45.3 Å². The summed E-state index contributed by atoms with van der Waals surface area (Å²) in [5.41, 5.74) is 7.30. The third-order valence-corrected chi connectivity index (χ3v) is 3.57. The number of carbonyl (C=O) groups is 1. The van der Waals surface area contributed by atoms with E-state index in [-0.39, 0.29) is 5.91 Å². The topological polar surface area (TPSA) is 64.3 Å². The maximum absolute atomic E-state index is 12.2. The fourth-order valence-corrected chi connectivity index (χ4v) is 2.54. The molecule has 0 saturated heterocycles. The number of anilines is 2. The number of carbonyl (C=O) groups excluding carboxylic acids is 1. The molecular formula is C14H12Br2N2O2. The van der Waals surface area contributed by atoms with Gasteiger partial charge in [0.1, 0.15) is 5.75 Å². The molecular weight excluding hydrogens is 388 g/mol. The molecule has 1 amide bonds. The smallest absolute Gasteiger partial charge is 0.257 e. The van der Waals surface area contributed by atoms with Crippen LogP contribution in [0.5, 0.6) is 5.75 Å². The lowest BCUT2D eigenvalue weighted by Gasteiger charge is -2.10. The standard InChI is InChI=1S/C14H12Br2N2O2/c1-20-11-5-9(16)4-10(7-11)18-14(19)12-3-2-8(15)6-13(12)17/h2-7H,17H2,1H3,(H,18,19). The number of ether oxygens (including phenoxy) is 1. The van der Waals surface area contributed by atoms with E-state index in [9.17, 15) is 4.79 Å². The van der Waals surface area contributed by atoms with Gasteiger partial charge in [0.05, 0.1) is 12.7 Å². The van der Waals surface area contributed by atoms with Crippen LogP contribution in [0.3, 0.4) is 0 Å². The van der Waals surface area contributed by atoms with Crippen molar-refractivity contribution in [2.75, 3.05) is 18.2 Å². The molecule has 104 valence electrons. The molecule has 0 aliphatic carbocycles. The molecule has 2 aromatic carbocycles. The van der Waals surface area contributed by atoms with Gasteiger partial charge in [0.25, 0.3) is 5.91 Å². The van der Waals surface area contributed by atoms with E-state index in [2.05, 4.69) is 37.2 Å². The maximum Gasteiger partial charge on any atom is 0.257 e. The molecule has 2 rings (SSSR count). The van der Waals surface area contributed by atoms with Crippen LogP contribution in [0.4, 0.5) is 11.4 Å². The van der Waals surface area contributed by atoms with Crippen molar-refractivity contribution < 1.29 is 9.53 Å². The van der Waals surface area contributed by atoms with Crippen molar-refractivity contribution >= 4 is 49.1 Å². The van der Waals surface area contributed by atoms with Crippen LogP contribution < -0.4 is 15.8 Å². The summed E-state index contributed by atoms with van der Waals surface area (Å²) in [5, 5.41) is 2.79. The molecule has 0 bridgehead atoms. The minimum absolute atomic E-state index is 0.268. The zero-order valence-electron chi connectivity index (χ0n) is 10.6. The van der Waals surface area contributed by atoms with E-state index in [0.717, 1.165) is 8.95 Å². The Bertz CT molecular complexity index is 660. The third kappa shape index (κ3) is 3.52. The molecule has 4 nitrogen and oxygen atoms in total. The van der Waals surface area contributed by atoms with Gasteiger partial charge >= 0.3 is 0 Å².